The summed E-state index contributed by atoms with van der Waals surface area (Å²) in [6.45, 7) is 0.374. The van der Waals surface area contributed by atoms with Gasteiger partial charge in [0, 0.05) is 6.20 Å². The normalized spacial score (nSPS) is 10.5. The Morgan fingerprint density at radius 2 is 2.05 bits per heavy atom. The van der Waals surface area contributed by atoms with E-state index in [0.29, 0.717) is 17.9 Å². The molecule has 0 spiro atoms. The lowest BCUT2D eigenvalue weighted by atomic mass is 10.2. The first-order valence-electron chi connectivity index (χ1n) is 6.62. The molecule has 2 aromatic heterocycles. The molecule has 2 heterocycles. The summed E-state index contributed by atoms with van der Waals surface area (Å²) in [5.74, 6) is 0.384. The molecule has 21 heavy (non-hydrogen) atoms. The van der Waals surface area contributed by atoms with Crippen LogP contribution in [0.4, 0.5) is 0 Å². The van der Waals surface area contributed by atoms with E-state index in [1.807, 2.05) is 42.6 Å². The van der Waals surface area contributed by atoms with E-state index in [1.165, 1.54) is 0 Å². The van der Waals surface area contributed by atoms with Crippen molar-refractivity contribution in [2.75, 3.05) is 7.11 Å². The van der Waals surface area contributed by atoms with E-state index in [4.69, 9.17) is 4.74 Å². The van der Waals surface area contributed by atoms with Crippen molar-refractivity contribution in [3.05, 3.63) is 66.0 Å². The minimum atomic E-state index is -0.176. The van der Waals surface area contributed by atoms with Crippen LogP contribution in [0, 0.1) is 0 Å². The molecule has 5 heteroatoms. The Morgan fingerprint density at radius 1 is 1.24 bits per heavy atom. The van der Waals surface area contributed by atoms with Gasteiger partial charge >= 0.3 is 0 Å². The fourth-order valence-electron chi connectivity index (χ4n) is 2.18. The Kier molecular flexibility index (Phi) is 3.55. The monoisotopic (exact) mass is 281 g/mol. The van der Waals surface area contributed by atoms with Gasteiger partial charge in [-0.1, -0.05) is 18.2 Å². The maximum absolute atomic E-state index is 12.2. The summed E-state index contributed by atoms with van der Waals surface area (Å²) in [5.41, 5.74) is 2.33. The molecule has 5 nitrogen and oxygen atoms in total. The zero-order chi connectivity index (χ0) is 14.7. The van der Waals surface area contributed by atoms with Crippen molar-refractivity contribution in [2.45, 2.75) is 6.54 Å². The number of benzene rings is 1. The van der Waals surface area contributed by atoms with Gasteiger partial charge < -0.3 is 10.1 Å². The van der Waals surface area contributed by atoms with Crippen molar-refractivity contribution in [3.63, 3.8) is 0 Å². The molecule has 106 valence electrons. The minimum absolute atomic E-state index is 0.176. The molecule has 3 aromatic rings. The van der Waals surface area contributed by atoms with Crippen LogP contribution in [0.25, 0.3) is 5.52 Å². The number of aromatic nitrogens is 2. The number of hydrogen-bond acceptors (Lipinski definition) is 3. The average molecular weight is 281 g/mol. The Hall–Kier alpha value is -2.82. The van der Waals surface area contributed by atoms with Gasteiger partial charge in [0.15, 0.2) is 0 Å². The molecule has 0 aliphatic heterocycles. The van der Waals surface area contributed by atoms with Gasteiger partial charge in [0.2, 0.25) is 0 Å². The first-order valence-corrected chi connectivity index (χ1v) is 6.62. The third kappa shape index (κ3) is 2.72. The highest BCUT2D eigenvalue weighted by atomic mass is 16.5. The summed E-state index contributed by atoms with van der Waals surface area (Å²) in [6.07, 6.45) is 1.88. The summed E-state index contributed by atoms with van der Waals surface area (Å²) < 4.78 is 6.97. The van der Waals surface area contributed by atoms with Crippen LogP contribution in [0.2, 0.25) is 0 Å². The third-order valence-electron chi connectivity index (χ3n) is 3.20. The molecule has 0 unspecified atom stereocenters. The zero-order valence-electron chi connectivity index (χ0n) is 11.6. The van der Waals surface area contributed by atoms with Crippen LogP contribution in [-0.2, 0) is 6.54 Å². The van der Waals surface area contributed by atoms with Crippen molar-refractivity contribution >= 4 is 11.4 Å². The first-order chi connectivity index (χ1) is 10.3. The minimum Gasteiger partial charge on any atom is -0.496 e. The fourth-order valence-corrected chi connectivity index (χ4v) is 2.18. The van der Waals surface area contributed by atoms with Crippen molar-refractivity contribution in [1.29, 1.82) is 0 Å². The summed E-state index contributed by atoms with van der Waals surface area (Å²) >= 11 is 0. The van der Waals surface area contributed by atoms with Gasteiger partial charge in [0.25, 0.3) is 5.91 Å². The van der Waals surface area contributed by atoms with Gasteiger partial charge in [-0.15, -0.1) is 0 Å². The largest absolute Gasteiger partial charge is 0.496 e. The second-order valence-electron chi connectivity index (χ2n) is 4.59. The second kappa shape index (κ2) is 5.66. The molecule has 1 aromatic carbocycles. The van der Waals surface area contributed by atoms with Gasteiger partial charge in [0.1, 0.15) is 5.75 Å². The second-order valence-corrected chi connectivity index (χ2v) is 4.59. The molecule has 1 N–H and O–H groups in total. The number of rotatable bonds is 4. The summed E-state index contributed by atoms with van der Waals surface area (Å²) in [5, 5.41) is 7.25. The predicted molar refractivity (Wildman–Crippen MR) is 79.4 cm³/mol. The standard InChI is InChI=1S/C16H15N3O2/c1-21-15-8-3-2-7-14(15)16(20)17-11-12-10-13-6-4-5-9-19(13)18-12/h2-10H,11H2,1H3,(H,17,20). The van der Waals surface area contributed by atoms with Crippen molar-refractivity contribution in [2.24, 2.45) is 0 Å². The Balaban J connectivity index is 1.73. The highest BCUT2D eigenvalue weighted by molar-refractivity contribution is 5.96. The summed E-state index contributed by atoms with van der Waals surface area (Å²) in [4.78, 5) is 12.2. The molecule has 0 aliphatic rings. The zero-order valence-corrected chi connectivity index (χ0v) is 11.6. The molecular formula is C16H15N3O2. The molecule has 1 amide bonds. The van der Waals surface area contributed by atoms with Crippen LogP contribution in [-0.4, -0.2) is 22.6 Å². The number of para-hydroxylation sites is 1. The molecule has 0 saturated heterocycles. The van der Waals surface area contributed by atoms with Gasteiger partial charge in [-0.3, -0.25) is 4.79 Å². The maximum Gasteiger partial charge on any atom is 0.255 e. The van der Waals surface area contributed by atoms with Crippen molar-refractivity contribution < 1.29 is 9.53 Å². The SMILES string of the molecule is COc1ccccc1C(=O)NCc1cc2ccccn2n1. The predicted octanol–water partition coefficient (Wildman–Crippen LogP) is 2.27. The topological polar surface area (TPSA) is 55.6 Å². The molecule has 0 bridgehead atoms. The number of methoxy groups -OCH3 is 1. The number of pyridine rings is 1. The van der Waals surface area contributed by atoms with Gasteiger partial charge in [-0.2, -0.15) is 5.10 Å². The highest BCUT2D eigenvalue weighted by Crippen LogP contribution is 2.17. The van der Waals surface area contributed by atoms with Crippen LogP contribution < -0.4 is 10.1 Å². The maximum atomic E-state index is 12.2. The average Bonchev–Trinajstić information content (AvgIpc) is 2.95. The quantitative estimate of drug-likeness (QED) is 0.798. The first kappa shape index (κ1) is 13.2. The van der Waals surface area contributed by atoms with E-state index >= 15 is 0 Å². The number of ether oxygens (including phenoxy) is 1. The molecule has 0 saturated carbocycles. The van der Waals surface area contributed by atoms with Crippen LogP contribution in [0.15, 0.2) is 54.7 Å². The number of amides is 1. The molecular weight excluding hydrogens is 266 g/mol. The third-order valence-corrected chi connectivity index (χ3v) is 3.20. The lowest BCUT2D eigenvalue weighted by Crippen LogP contribution is -2.23. The van der Waals surface area contributed by atoms with E-state index in [0.717, 1.165) is 11.2 Å². The number of fused-ring (bicyclic) bond motifs is 1. The van der Waals surface area contributed by atoms with E-state index in [9.17, 15) is 4.79 Å². The molecule has 0 aliphatic carbocycles. The van der Waals surface area contributed by atoms with Crippen LogP contribution in [0.1, 0.15) is 16.1 Å². The van der Waals surface area contributed by atoms with Gasteiger partial charge in [-0.05, 0) is 30.3 Å². The van der Waals surface area contributed by atoms with Crippen LogP contribution >= 0.6 is 0 Å². The Labute approximate surface area is 122 Å². The Bertz CT molecular complexity index is 747. The van der Waals surface area contributed by atoms with E-state index in [2.05, 4.69) is 10.4 Å². The lowest BCUT2D eigenvalue weighted by Gasteiger charge is -2.07. The fraction of sp³-hybridized carbons (Fsp3) is 0.125. The number of nitrogens with one attached hydrogen (secondary N) is 1. The van der Waals surface area contributed by atoms with E-state index in [1.54, 1.807) is 23.8 Å². The lowest BCUT2D eigenvalue weighted by molar-refractivity contribution is 0.0947. The number of nitrogens with zero attached hydrogens (tertiary/aromatic N) is 2. The van der Waals surface area contributed by atoms with Gasteiger partial charge in [-0.25, -0.2) is 4.52 Å². The number of hydrogen-bond donors (Lipinski definition) is 1. The molecule has 3 rings (SSSR count). The van der Waals surface area contributed by atoms with Gasteiger partial charge in [0.05, 0.1) is 30.4 Å². The van der Waals surface area contributed by atoms with Crippen molar-refractivity contribution in [1.82, 2.24) is 14.9 Å². The molecule has 0 atom stereocenters. The van der Waals surface area contributed by atoms with Crippen molar-refractivity contribution in [3.8, 4) is 5.75 Å². The van der Waals surface area contributed by atoms with E-state index < -0.39 is 0 Å². The number of carbonyl (C=O) groups is 1. The van der Waals surface area contributed by atoms with Crippen LogP contribution in [0.3, 0.4) is 0 Å². The highest BCUT2D eigenvalue weighted by Gasteiger charge is 2.11. The summed E-state index contributed by atoms with van der Waals surface area (Å²) in [7, 11) is 1.55. The molecule has 0 radical (unpaired) electrons. The molecule has 0 fully saturated rings. The number of carbonyl (C=O) groups excluding carboxylic acids is 1. The summed E-state index contributed by atoms with van der Waals surface area (Å²) in [6, 6.07) is 14.9. The van der Waals surface area contributed by atoms with Crippen LogP contribution in [0.5, 0.6) is 5.75 Å². The van der Waals surface area contributed by atoms with E-state index in [-0.39, 0.29) is 5.91 Å². The Morgan fingerprint density at radius 3 is 2.86 bits per heavy atom. The smallest absolute Gasteiger partial charge is 0.255 e.